The largest absolute Gasteiger partial charge is 0.497 e. The molecule has 2 aliphatic rings. The van der Waals surface area contributed by atoms with Crippen LogP contribution in [0.15, 0.2) is 47.0 Å². The van der Waals surface area contributed by atoms with E-state index in [0.717, 1.165) is 31.2 Å². The summed E-state index contributed by atoms with van der Waals surface area (Å²) in [5, 5.41) is 14.1. The Balaban J connectivity index is 1.42. The number of methoxy groups -OCH3 is 1. The quantitative estimate of drug-likeness (QED) is 0.229. The second-order valence-electron chi connectivity index (χ2n) is 12.3. The maximum atomic E-state index is 15.0. The number of carboxylic acids is 1. The first kappa shape index (κ1) is 29.3. The first-order valence-electron chi connectivity index (χ1n) is 14.0. The molecule has 0 aliphatic heterocycles. The van der Waals surface area contributed by atoms with Gasteiger partial charge < -0.3 is 23.8 Å². The molecule has 5 rings (SSSR count). The molecular formula is C32H38FNO6S. The zero-order chi connectivity index (χ0) is 29.4. The third-order valence-electron chi connectivity index (χ3n) is 8.57. The minimum atomic E-state index is -0.825. The molecule has 7 nitrogen and oxygen atoms in total. The number of carboxylic acid groups (broad SMARTS) is 1. The third-order valence-corrected chi connectivity index (χ3v) is 10.2. The SMILES string of the molecule is COc1ccc(F)c(-c2onc(COc3cccc(C(CC(=O)O)SC4CC4)c3)c2OC2CC(C)(C)C(C)(C)C2)c1. The van der Waals surface area contributed by atoms with Crippen LogP contribution in [0.5, 0.6) is 17.2 Å². The maximum Gasteiger partial charge on any atom is 0.304 e. The molecule has 0 amide bonds. The number of nitrogens with zero attached hydrogens (tertiary/aromatic N) is 1. The molecule has 0 radical (unpaired) electrons. The van der Waals surface area contributed by atoms with E-state index in [-0.39, 0.29) is 46.5 Å². The second kappa shape index (κ2) is 11.6. The topological polar surface area (TPSA) is 91.0 Å². The minimum absolute atomic E-state index is 0.0345. The normalized spacial score (nSPS) is 18.7. The van der Waals surface area contributed by atoms with Crippen LogP contribution in [-0.2, 0) is 11.4 Å². The fraction of sp³-hybridized carbons (Fsp3) is 0.500. The standard InChI is InChI=1S/C32H38FNO6S/c1-31(2)16-22(17-32(31,3)4)39-30-26(34-40-29(30)24-14-20(37-5)9-12-25(24)33)18-38-21-8-6-7-19(13-21)27(15-28(35)36)41-23-10-11-23/h6-9,12-14,22-23,27H,10-11,15-18H2,1-5H3,(H,35,36). The van der Waals surface area contributed by atoms with Crippen molar-refractivity contribution in [3.05, 3.63) is 59.5 Å². The number of hydrogen-bond acceptors (Lipinski definition) is 7. The van der Waals surface area contributed by atoms with Crippen LogP contribution in [0.4, 0.5) is 4.39 Å². The Morgan fingerprint density at radius 2 is 1.85 bits per heavy atom. The maximum absolute atomic E-state index is 15.0. The number of thioether (sulfide) groups is 1. The van der Waals surface area contributed by atoms with Crippen LogP contribution < -0.4 is 14.2 Å². The summed E-state index contributed by atoms with van der Waals surface area (Å²) in [6.07, 6.45) is 3.85. The van der Waals surface area contributed by atoms with E-state index in [0.29, 0.717) is 28.2 Å². The first-order chi connectivity index (χ1) is 19.5. The average Bonchev–Trinajstić information content (AvgIpc) is 3.60. The van der Waals surface area contributed by atoms with Crippen LogP contribution in [0.2, 0.25) is 0 Å². The van der Waals surface area contributed by atoms with Gasteiger partial charge in [0.25, 0.3) is 0 Å². The van der Waals surface area contributed by atoms with Gasteiger partial charge in [-0.2, -0.15) is 0 Å². The van der Waals surface area contributed by atoms with Crippen LogP contribution >= 0.6 is 11.8 Å². The third kappa shape index (κ3) is 6.66. The van der Waals surface area contributed by atoms with E-state index in [1.165, 1.54) is 13.2 Å². The number of aromatic nitrogens is 1. The molecule has 1 atom stereocenters. The highest BCUT2D eigenvalue weighted by molar-refractivity contribution is 8.00. The second-order valence-corrected chi connectivity index (χ2v) is 13.8. The molecule has 9 heteroatoms. The molecule has 220 valence electrons. The summed E-state index contributed by atoms with van der Waals surface area (Å²) in [5.74, 6) is 0.326. The molecule has 2 fully saturated rings. The number of ether oxygens (including phenoxy) is 3. The van der Waals surface area contributed by atoms with Crippen molar-refractivity contribution in [3.8, 4) is 28.6 Å². The molecule has 1 aromatic heterocycles. The van der Waals surface area contributed by atoms with Gasteiger partial charge >= 0.3 is 5.97 Å². The van der Waals surface area contributed by atoms with Crippen LogP contribution in [0, 0.1) is 16.6 Å². The van der Waals surface area contributed by atoms with E-state index in [2.05, 4.69) is 32.9 Å². The fourth-order valence-electron chi connectivity index (χ4n) is 5.31. The van der Waals surface area contributed by atoms with Crippen molar-refractivity contribution in [2.24, 2.45) is 10.8 Å². The van der Waals surface area contributed by atoms with Gasteiger partial charge in [-0.15, -0.1) is 11.8 Å². The Kier molecular flexibility index (Phi) is 8.28. The number of aliphatic carboxylic acids is 1. The lowest BCUT2D eigenvalue weighted by Crippen LogP contribution is -2.25. The van der Waals surface area contributed by atoms with Crippen molar-refractivity contribution < 1.29 is 33.0 Å². The summed E-state index contributed by atoms with van der Waals surface area (Å²) in [5.41, 5.74) is 1.64. The average molecular weight is 584 g/mol. The Hall–Kier alpha value is -3.20. The Labute approximate surface area is 244 Å². The van der Waals surface area contributed by atoms with Gasteiger partial charge in [-0.3, -0.25) is 4.79 Å². The summed E-state index contributed by atoms with van der Waals surface area (Å²) in [6.45, 7) is 8.99. The van der Waals surface area contributed by atoms with Gasteiger partial charge in [-0.25, -0.2) is 4.39 Å². The molecule has 41 heavy (non-hydrogen) atoms. The van der Waals surface area contributed by atoms with Crippen LogP contribution in [0.25, 0.3) is 11.3 Å². The summed E-state index contributed by atoms with van der Waals surface area (Å²) in [4.78, 5) is 11.5. The number of halogens is 1. The number of rotatable bonds is 12. The summed E-state index contributed by atoms with van der Waals surface area (Å²) in [7, 11) is 1.52. The van der Waals surface area contributed by atoms with Gasteiger partial charge in [-0.1, -0.05) is 45.0 Å². The van der Waals surface area contributed by atoms with Crippen molar-refractivity contribution in [2.75, 3.05) is 7.11 Å². The van der Waals surface area contributed by atoms with Crippen LogP contribution in [0.1, 0.15) is 76.3 Å². The molecule has 1 N–H and O–H groups in total. The Bertz CT molecular complexity index is 1380. The van der Waals surface area contributed by atoms with E-state index in [9.17, 15) is 9.90 Å². The van der Waals surface area contributed by atoms with Crippen LogP contribution in [0.3, 0.4) is 0 Å². The van der Waals surface area contributed by atoms with E-state index < -0.39 is 11.8 Å². The predicted molar refractivity (Wildman–Crippen MR) is 156 cm³/mol. The van der Waals surface area contributed by atoms with Gasteiger partial charge in [0.05, 0.1) is 19.1 Å². The number of benzene rings is 2. The summed E-state index contributed by atoms with van der Waals surface area (Å²) in [6, 6.07) is 12.0. The summed E-state index contributed by atoms with van der Waals surface area (Å²) >= 11 is 1.71. The highest BCUT2D eigenvalue weighted by Crippen LogP contribution is 2.53. The smallest absolute Gasteiger partial charge is 0.304 e. The lowest BCUT2D eigenvalue weighted by atomic mass is 9.71. The monoisotopic (exact) mass is 583 g/mol. The van der Waals surface area contributed by atoms with Crippen molar-refractivity contribution in [2.45, 2.75) is 83.0 Å². The lowest BCUT2D eigenvalue weighted by molar-refractivity contribution is -0.137. The van der Waals surface area contributed by atoms with E-state index >= 15 is 4.39 Å². The minimum Gasteiger partial charge on any atom is -0.497 e. The van der Waals surface area contributed by atoms with Gasteiger partial charge in [0.1, 0.15) is 30.0 Å². The summed E-state index contributed by atoms with van der Waals surface area (Å²) < 4.78 is 38.8. The van der Waals surface area contributed by atoms with E-state index in [4.69, 9.17) is 18.7 Å². The Morgan fingerprint density at radius 3 is 2.51 bits per heavy atom. The molecule has 0 saturated heterocycles. The highest BCUT2D eigenvalue weighted by atomic mass is 32.2. The molecule has 1 unspecified atom stereocenters. The highest BCUT2D eigenvalue weighted by Gasteiger charge is 2.48. The first-order valence-corrected chi connectivity index (χ1v) is 15.0. The zero-order valence-electron chi connectivity index (χ0n) is 24.2. The van der Waals surface area contributed by atoms with Crippen molar-refractivity contribution >= 4 is 17.7 Å². The zero-order valence-corrected chi connectivity index (χ0v) is 25.1. The predicted octanol–water partition coefficient (Wildman–Crippen LogP) is 8.07. The van der Waals surface area contributed by atoms with Gasteiger partial charge in [0.2, 0.25) is 5.76 Å². The fourth-order valence-corrected chi connectivity index (χ4v) is 6.73. The number of carbonyl (C=O) groups is 1. The molecule has 2 saturated carbocycles. The van der Waals surface area contributed by atoms with Gasteiger partial charge in [0.15, 0.2) is 11.4 Å². The van der Waals surface area contributed by atoms with Crippen molar-refractivity contribution in [1.82, 2.24) is 5.16 Å². The van der Waals surface area contributed by atoms with Gasteiger partial charge in [0, 0.05) is 10.5 Å². The molecule has 0 spiro atoms. The molecule has 2 aromatic carbocycles. The molecule has 3 aromatic rings. The molecule has 2 aliphatic carbocycles. The van der Waals surface area contributed by atoms with E-state index in [1.807, 2.05) is 24.3 Å². The van der Waals surface area contributed by atoms with Gasteiger partial charge in [-0.05, 0) is 72.4 Å². The molecule has 0 bridgehead atoms. The van der Waals surface area contributed by atoms with Crippen molar-refractivity contribution in [1.29, 1.82) is 0 Å². The molecular weight excluding hydrogens is 545 g/mol. The Morgan fingerprint density at radius 1 is 1.12 bits per heavy atom. The molecule has 1 heterocycles. The number of hydrogen-bond donors (Lipinski definition) is 1. The van der Waals surface area contributed by atoms with Crippen LogP contribution in [-0.4, -0.2) is 34.7 Å². The van der Waals surface area contributed by atoms with Crippen molar-refractivity contribution in [3.63, 3.8) is 0 Å². The lowest BCUT2D eigenvalue weighted by Gasteiger charge is -2.33. The van der Waals surface area contributed by atoms with E-state index in [1.54, 1.807) is 23.9 Å².